The lowest BCUT2D eigenvalue weighted by molar-refractivity contribution is 0.102. The van der Waals surface area contributed by atoms with E-state index in [0.717, 1.165) is 40.4 Å². The molecule has 0 aromatic heterocycles. The van der Waals surface area contributed by atoms with E-state index in [9.17, 15) is 4.79 Å². The molecule has 4 aromatic rings. The summed E-state index contributed by atoms with van der Waals surface area (Å²) in [5, 5.41) is 9.02. The molecule has 33 heavy (non-hydrogen) atoms. The molecule has 0 atom stereocenters. The number of rotatable bonds is 4. The average Bonchev–Trinajstić information content (AvgIpc) is 3.07. The van der Waals surface area contributed by atoms with Gasteiger partial charge in [0, 0.05) is 35.1 Å². The van der Waals surface area contributed by atoms with Gasteiger partial charge in [0.05, 0.1) is 11.4 Å². The second-order valence-corrected chi connectivity index (χ2v) is 8.56. The minimum Gasteiger partial charge on any atom is -0.379 e. The summed E-state index contributed by atoms with van der Waals surface area (Å²) in [6.45, 7) is 4.97. The van der Waals surface area contributed by atoms with Crippen molar-refractivity contribution in [2.75, 3.05) is 22.1 Å². The largest absolute Gasteiger partial charge is 0.379 e. The van der Waals surface area contributed by atoms with Gasteiger partial charge in [0.1, 0.15) is 0 Å². The molecule has 0 aliphatic carbocycles. The molecule has 4 nitrogen and oxygen atoms in total. The Morgan fingerprint density at radius 2 is 1.67 bits per heavy atom. The molecular weight excluding hydrogens is 406 g/mol. The molecular formula is C29H27N3O. The van der Waals surface area contributed by atoms with E-state index in [1.807, 2.05) is 48.5 Å². The summed E-state index contributed by atoms with van der Waals surface area (Å²) < 4.78 is 0. The second kappa shape index (κ2) is 8.83. The highest BCUT2D eigenvalue weighted by molar-refractivity contribution is 6.06. The van der Waals surface area contributed by atoms with E-state index in [-0.39, 0.29) is 11.8 Å². The minimum atomic E-state index is -0.0808. The number of nitrogens with one attached hydrogen (secondary N) is 2. The van der Waals surface area contributed by atoms with Crippen molar-refractivity contribution >= 4 is 39.4 Å². The van der Waals surface area contributed by atoms with Gasteiger partial charge in [-0.3, -0.25) is 4.79 Å². The first-order valence-electron chi connectivity index (χ1n) is 11.3. The Hall–Kier alpha value is -4.05. The standard InChI is InChI=1S/C29H27N3O/c1-20(2)24-9-5-6-11-26(24)29(33)31-22-13-15-23(16-14-22)32-19-7-18-30-28-25-10-4-3-8-21(25)12-17-27(28)32/h3-17,19-20,30H,18H2,1-2H3,(H,31,33). The predicted molar refractivity (Wildman–Crippen MR) is 139 cm³/mol. The zero-order chi connectivity index (χ0) is 22.8. The highest BCUT2D eigenvalue weighted by Gasteiger charge is 2.17. The summed E-state index contributed by atoms with van der Waals surface area (Å²) in [5.74, 6) is 0.205. The molecule has 4 heteroatoms. The number of hydrogen-bond acceptors (Lipinski definition) is 3. The maximum Gasteiger partial charge on any atom is 0.255 e. The van der Waals surface area contributed by atoms with Crippen LogP contribution in [0.4, 0.5) is 22.7 Å². The fourth-order valence-electron chi connectivity index (χ4n) is 4.38. The number of anilines is 4. The van der Waals surface area contributed by atoms with Gasteiger partial charge in [0.15, 0.2) is 0 Å². The summed E-state index contributed by atoms with van der Waals surface area (Å²) in [5.41, 5.74) is 5.81. The van der Waals surface area contributed by atoms with Crippen molar-refractivity contribution < 1.29 is 4.79 Å². The molecule has 1 amide bonds. The van der Waals surface area contributed by atoms with Gasteiger partial charge in [0.2, 0.25) is 0 Å². The van der Waals surface area contributed by atoms with E-state index in [4.69, 9.17) is 0 Å². The van der Waals surface area contributed by atoms with Crippen molar-refractivity contribution in [2.45, 2.75) is 19.8 Å². The lowest BCUT2D eigenvalue weighted by Crippen LogP contribution is -2.15. The van der Waals surface area contributed by atoms with Crippen molar-refractivity contribution in [3.05, 3.63) is 108 Å². The van der Waals surface area contributed by atoms with Crippen molar-refractivity contribution in [2.24, 2.45) is 0 Å². The summed E-state index contributed by atoms with van der Waals surface area (Å²) in [4.78, 5) is 15.1. The SMILES string of the molecule is CC(C)c1ccccc1C(=O)Nc1ccc(N2C=CCNc3c2ccc2ccccc32)cc1. The van der Waals surface area contributed by atoms with Crippen molar-refractivity contribution in [1.29, 1.82) is 0 Å². The molecule has 2 N–H and O–H groups in total. The molecule has 5 rings (SSSR count). The van der Waals surface area contributed by atoms with Crippen LogP contribution in [0.5, 0.6) is 0 Å². The Labute approximate surface area is 194 Å². The number of carbonyl (C=O) groups excluding carboxylic acids is 1. The first-order valence-corrected chi connectivity index (χ1v) is 11.3. The molecule has 0 unspecified atom stereocenters. The maximum atomic E-state index is 12.9. The topological polar surface area (TPSA) is 44.4 Å². The fourth-order valence-corrected chi connectivity index (χ4v) is 4.38. The number of fused-ring (bicyclic) bond motifs is 3. The Morgan fingerprint density at radius 3 is 2.48 bits per heavy atom. The van der Waals surface area contributed by atoms with Crippen LogP contribution in [-0.2, 0) is 0 Å². The van der Waals surface area contributed by atoms with Crippen LogP contribution in [0.2, 0.25) is 0 Å². The van der Waals surface area contributed by atoms with Crippen molar-refractivity contribution in [3.63, 3.8) is 0 Å². The Morgan fingerprint density at radius 1 is 0.909 bits per heavy atom. The molecule has 0 saturated heterocycles. The summed E-state index contributed by atoms with van der Waals surface area (Å²) in [6.07, 6.45) is 4.22. The van der Waals surface area contributed by atoms with Crippen LogP contribution in [0.25, 0.3) is 10.8 Å². The number of benzene rings is 4. The van der Waals surface area contributed by atoms with Crippen LogP contribution >= 0.6 is 0 Å². The second-order valence-electron chi connectivity index (χ2n) is 8.56. The van der Waals surface area contributed by atoms with E-state index in [1.165, 1.54) is 10.8 Å². The minimum absolute atomic E-state index is 0.0808. The van der Waals surface area contributed by atoms with E-state index in [2.05, 4.69) is 78.1 Å². The summed E-state index contributed by atoms with van der Waals surface area (Å²) >= 11 is 0. The molecule has 0 saturated carbocycles. The maximum absolute atomic E-state index is 12.9. The Balaban J connectivity index is 1.43. The molecule has 1 aliphatic rings. The molecule has 0 bridgehead atoms. The fraction of sp³-hybridized carbons (Fsp3) is 0.138. The Kier molecular flexibility index (Phi) is 5.57. The van der Waals surface area contributed by atoms with E-state index < -0.39 is 0 Å². The third kappa shape index (κ3) is 4.08. The van der Waals surface area contributed by atoms with Gasteiger partial charge < -0.3 is 15.5 Å². The number of amides is 1. The van der Waals surface area contributed by atoms with Crippen LogP contribution in [0.1, 0.15) is 35.7 Å². The molecule has 0 fully saturated rings. The van der Waals surface area contributed by atoms with E-state index >= 15 is 0 Å². The zero-order valence-corrected chi connectivity index (χ0v) is 18.9. The monoisotopic (exact) mass is 433 g/mol. The van der Waals surface area contributed by atoms with Gasteiger partial charge in [-0.2, -0.15) is 0 Å². The molecule has 0 spiro atoms. The van der Waals surface area contributed by atoms with Gasteiger partial charge in [-0.05, 0) is 59.3 Å². The highest BCUT2D eigenvalue weighted by atomic mass is 16.1. The van der Waals surface area contributed by atoms with Gasteiger partial charge in [-0.1, -0.05) is 62.4 Å². The first kappa shape index (κ1) is 20.8. The van der Waals surface area contributed by atoms with Crippen LogP contribution in [0.3, 0.4) is 0 Å². The molecule has 0 radical (unpaired) electrons. The molecule has 164 valence electrons. The molecule has 1 aliphatic heterocycles. The molecule has 4 aromatic carbocycles. The van der Waals surface area contributed by atoms with Gasteiger partial charge >= 0.3 is 0 Å². The predicted octanol–water partition coefficient (Wildman–Crippen LogP) is 7.29. The van der Waals surface area contributed by atoms with Crippen LogP contribution in [0.15, 0.2) is 97.2 Å². The van der Waals surface area contributed by atoms with Crippen LogP contribution in [-0.4, -0.2) is 12.5 Å². The highest BCUT2D eigenvalue weighted by Crippen LogP contribution is 2.39. The average molecular weight is 434 g/mol. The lowest BCUT2D eigenvalue weighted by Gasteiger charge is -2.23. The third-order valence-corrected chi connectivity index (χ3v) is 6.05. The van der Waals surface area contributed by atoms with Gasteiger partial charge in [-0.15, -0.1) is 0 Å². The van der Waals surface area contributed by atoms with Crippen LogP contribution < -0.4 is 15.5 Å². The van der Waals surface area contributed by atoms with Crippen molar-refractivity contribution in [1.82, 2.24) is 0 Å². The Bertz CT molecular complexity index is 1340. The van der Waals surface area contributed by atoms with E-state index in [0.29, 0.717) is 0 Å². The number of hydrogen-bond donors (Lipinski definition) is 2. The van der Waals surface area contributed by atoms with Crippen LogP contribution in [0, 0.1) is 0 Å². The van der Waals surface area contributed by atoms with Crippen molar-refractivity contribution in [3.8, 4) is 0 Å². The normalized spacial score (nSPS) is 12.9. The first-order chi connectivity index (χ1) is 16.1. The van der Waals surface area contributed by atoms with E-state index in [1.54, 1.807) is 0 Å². The van der Waals surface area contributed by atoms with Gasteiger partial charge in [0.25, 0.3) is 5.91 Å². The third-order valence-electron chi connectivity index (χ3n) is 6.05. The zero-order valence-electron chi connectivity index (χ0n) is 18.9. The smallest absolute Gasteiger partial charge is 0.255 e. The number of nitrogens with zero attached hydrogens (tertiary/aromatic N) is 1. The number of carbonyl (C=O) groups is 1. The summed E-state index contributed by atoms with van der Waals surface area (Å²) in [7, 11) is 0. The molecule has 1 heterocycles. The summed E-state index contributed by atoms with van der Waals surface area (Å²) in [6, 6.07) is 28.5. The quantitative estimate of drug-likeness (QED) is 0.355. The lowest BCUT2D eigenvalue weighted by atomic mass is 9.97. The van der Waals surface area contributed by atoms with Gasteiger partial charge in [-0.25, -0.2) is 0 Å².